The van der Waals surface area contributed by atoms with Crippen molar-refractivity contribution in [1.29, 1.82) is 0 Å². The predicted molar refractivity (Wildman–Crippen MR) is 162 cm³/mol. The van der Waals surface area contributed by atoms with E-state index in [4.69, 9.17) is 27.9 Å². The summed E-state index contributed by atoms with van der Waals surface area (Å²) < 4.78 is 5.89. The minimum absolute atomic E-state index is 0.000439. The van der Waals surface area contributed by atoms with E-state index in [2.05, 4.69) is 15.9 Å². The number of anilines is 1. The summed E-state index contributed by atoms with van der Waals surface area (Å²) in [5, 5.41) is 29.7. The first-order valence-electron chi connectivity index (χ1n) is 13.9. The Morgan fingerprint density at radius 1 is 1.02 bits per heavy atom. The number of carboxylic acid groups (broad SMARTS) is 1. The SMILES string of the molecule is O=C(O)c1ccc(N2C(=O)[C@H]3[C@H](CC=C4[C@H](C5=COc6ccc(O)cc6C5)[C@]5(Cl)C(=O)N(CBr)C(=O)[C@]5(Cl)C[C@H]43)C2=O)cc1O. The molecule has 3 N–H and O–H groups in total. The Balaban J connectivity index is 1.34. The van der Waals surface area contributed by atoms with Crippen LogP contribution in [0.3, 0.4) is 0 Å². The van der Waals surface area contributed by atoms with Gasteiger partial charge < -0.3 is 20.1 Å². The fraction of sp³-hybridized carbons (Fsp3) is 0.323. The average molecular weight is 718 g/mol. The Morgan fingerprint density at radius 2 is 1.78 bits per heavy atom. The highest BCUT2D eigenvalue weighted by atomic mass is 79.9. The van der Waals surface area contributed by atoms with E-state index in [0.29, 0.717) is 22.5 Å². The van der Waals surface area contributed by atoms with E-state index in [0.717, 1.165) is 21.9 Å². The van der Waals surface area contributed by atoms with Crippen LogP contribution in [0, 0.1) is 23.7 Å². The molecular weight excluding hydrogens is 695 g/mol. The molecule has 7 rings (SSSR count). The molecule has 232 valence electrons. The molecule has 3 aliphatic heterocycles. The number of carbonyl (C=O) groups is 5. The molecule has 2 aromatic rings. The van der Waals surface area contributed by atoms with Gasteiger partial charge in [-0.1, -0.05) is 27.6 Å². The summed E-state index contributed by atoms with van der Waals surface area (Å²) in [7, 11) is 0. The lowest BCUT2D eigenvalue weighted by Crippen LogP contribution is -2.61. The number of likely N-dealkylation sites (tertiary alicyclic amines) is 1. The molecule has 0 radical (unpaired) electrons. The van der Waals surface area contributed by atoms with Gasteiger partial charge in [-0.05, 0) is 54.7 Å². The van der Waals surface area contributed by atoms with Gasteiger partial charge in [0.25, 0.3) is 11.8 Å². The van der Waals surface area contributed by atoms with E-state index in [1.54, 1.807) is 12.1 Å². The number of carboxylic acids is 1. The Bertz CT molecular complexity index is 1830. The molecule has 1 saturated carbocycles. The summed E-state index contributed by atoms with van der Waals surface area (Å²) in [6, 6.07) is 8.02. The van der Waals surface area contributed by atoms with Crippen molar-refractivity contribution >= 4 is 74.4 Å². The molecule has 2 aliphatic carbocycles. The van der Waals surface area contributed by atoms with Crippen molar-refractivity contribution in [2.75, 3.05) is 10.4 Å². The van der Waals surface area contributed by atoms with Gasteiger partial charge in [-0.2, -0.15) is 0 Å². The first kappa shape index (κ1) is 29.8. The molecule has 4 amide bonds. The third kappa shape index (κ3) is 3.91. The van der Waals surface area contributed by atoms with Gasteiger partial charge in [0.15, 0.2) is 9.75 Å². The van der Waals surface area contributed by atoms with Crippen LogP contribution < -0.4 is 9.64 Å². The number of aromatic carboxylic acids is 1. The van der Waals surface area contributed by atoms with E-state index in [1.807, 2.05) is 0 Å². The largest absolute Gasteiger partial charge is 0.508 e. The number of alkyl halides is 3. The lowest BCUT2D eigenvalue weighted by molar-refractivity contribution is -0.138. The number of allylic oxidation sites excluding steroid dienone is 3. The number of imide groups is 2. The van der Waals surface area contributed by atoms with Crippen molar-refractivity contribution in [1.82, 2.24) is 4.90 Å². The number of fused-ring (bicyclic) bond motifs is 5. The van der Waals surface area contributed by atoms with Gasteiger partial charge in [-0.25, -0.2) is 9.69 Å². The van der Waals surface area contributed by atoms with Crippen LogP contribution in [0.5, 0.6) is 17.2 Å². The molecular formula is C31H23BrCl2N2O9. The maximum atomic E-state index is 14.1. The Kier molecular flexibility index (Phi) is 6.67. The highest BCUT2D eigenvalue weighted by Gasteiger charge is 2.76. The fourth-order valence-electron chi connectivity index (χ4n) is 7.66. The van der Waals surface area contributed by atoms with Crippen molar-refractivity contribution in [3.8, 4) is 17.2 Å². The first-order chi connectivity index (χ1) is 21.3. The molecule has 2 saturated heterocycles. The molecule has 0 spiro atoms. The molecule has 11 nitrogen and oxygen atoms in total. The number of carbonyl (C=O) groups excluding carboxylic acids is 4. The molecule has 3 heterocycles. The lowest BCUT2D eigenvalue weighted by atomic mass is 9.56. The fourth-order valence-corrected chi connectivity index (χ4v) is 9.10. The van der Waals surface area contributed by atoms with Crippen LogP contribution in [0.1, 0.15) is 28.8 Å². The van der Waals surface area contributed by atoms with Crippen molar-refractivity contribution in [3.63, 3.8) is 0 Å². The highest BCUT2D eigenvalue weighted by molar-refractivity contribution is 9.09. The molecule has 6 atom stereocenters. The number of benzene rings is 2. The number of ether oxygens (including phenoxy) is 1. The van der Waals surface area contributed by atoms with Crippen molar-refractivity contribution < 1.29 is 44.0 Å². The van der Waals surface area contributed by atoms with Crippen molar-refractivity contribution in [3.05, 3.63) is 71.0 Å². The minimum atomic E-state index is -2.00. The van der Waals surface area contributed by atoms with Crippen LogP contribution in [0.25, 0.3) is 0 Å². The predicted octanol–water partition coefficient (Wildman–Crippen LogP) is 4.06. The number of amides is 4. The number of hydrogen-bond acceptors (Lipinski definition) is 8. The van der Waals surface area contributed by atoms with E-state index in [1.165, 1.54) is 24.5 Å². The maximum absolute atomic E-state index is 14.1. The minimum Gasteiger partial charge on any atom is -0.508 e. The summed E-state index contributed by atoms with van der Waals surface area (Å²) in [5.41, 5.74) is 1.13. The standard InChI is InChI=1S/C31H23BrCl2N2O9/c32-12-35-28(43)30(33)10-20-17(24(31(30,34)29(35)44)14-7-13-8-16(37)2-6-22(13)45-11-14)4-5-19-23(20)26(40)36(25(19)39)15-1-3-18(27(41)42)21(38)9-15/h1-4,6,8-9,11,19-20,23-24,37-38H,5,7,10,12H2,(H,41,42)/t19-,20+,23-,24-,30+,31-/m0/s1. The first-order valence-corrected chi connectivity index (χ1v) is 15.8. The third-order valence-corrected chi connectivity index (χ3v) is 11.5. The summed E-state index contributed by atoms with van der Waals surface area (Å²) in [6.07, 6.45) is 3.33. The quantitative estimate of drug-likeness (QED) is 0.183. The van der Waals surface area contributed by atoms with Crippen LogP contribution in [-0.2, 0) is 25.6 Å². The summed E-state index contributed by atoms with van der Waals surface area (Å²) >= 11 is 17.7. The van der Waals surface area contributed by atoms with E-state index < -0.39 is 74.3 Å². The number of rotatable bonds is 4. The van der Waals surface area contributed by atoms with E-state index >= 15 is 0 Å². The Labute approximate surface area is 273 Å². The lowest BCUT2D eigenvalue weighted by Gasteiger charge is -2.51. The number of hydrogen-bond donors (Lipinski definition) is 3. The van der Waals surface area contributed by atoms with Crippen molar-refractivity contribution in [2.45, 2.75) is 29.0 Å². The normalized spacial score (nSPS) is 31.9. The molecule has 45 heavy (non-hydrogen) atoms. The number of aromatic hydroxyl groups is 2. The number of phenolic OH excluding ortho intramolecular Hbond substituents is 1. The summed E-state index contributed by atoms with van der Waals surface area (Å²) in [6.45, 7) is 0. The van der Waals surface area contributed by atoms with Crippen LogP contribution in [0.4, 0.5) is 5.69 Å². The number of phenols is 2. The van der Waals surface area contributed by atoms with E-state index in [9.17, 15) is 39.3 Å². The average Bonchev–Trinajstić information content (AvgIpc) is 3.34. The second-order valence-electron chi connectivity index (χ2n) is 11.8. The molecule has 2 aromatic carbocycles. The number of halogens is 3. The number of nitrogens with zero attached hydrogens (tertiary/aromatic N) is 2. The van der Waals surface area contributed by atoms with E-state index in [-0.39, 0.29) is 36.2 Å². The molecule has 0 unspecified atom stereocenters. The maximum Gasteiger partial charge on any atom is 0.339 e. The molecule has 3 fully saturated rings. The van der Waals surface area contributed by atoms with Crippen LogP contribution in [0.15, 0.2) is 59.9 Å². The third-order valence-electron chi connectivity index (χ3n) is 9.63. The van der Waals surface area contributed by atoms with Gasteiger partial charge in [-0.3, -0.25) is 24.1 Å². The van der Waals surface area contributed by atoms with Crippen LogP contribution >= 0.6 is 39.1 Å². The second-order valence-corrected chi connectivity index (χ2v) is 13.5. The zero-order valence-corrected chi connectivity index (χ0v) is 26.2. The van der Waals surface area contributed by atoms with Crippen molar-refractivity contribution in [2.24, 2.45) is 23.7 Å². The van der Waals surface area contributed by atoms with Gasteiger partial charge in [0.2, 0.25) is 11.8 Å². The second kappa shape index (κ2) is 10.1. The van der Waals surface area contributed by atoms with Crippen LogP contribution in [-0.4, -0.2) is 65.0 Å². The zero-order valence-electron chi connectivity index (χ0n) is 23.1. The van der Waals surface area contributed by atoms with Gasteiger partial charge >= 0.3 is 5.97 Å². The van der Waals surface area contributed by atoms with Crippen LogP contribution in [0.2, 0.25) is 0 Å². The summed E-state index contributed by atoms with van der Waals surface area (Å²) in [4.78, 5) is 64.9. The molecule has 0 bridgehead atoms. The Morgan fingerprint density at radius 3 is 2.47 bits per heavy atom. The van der Waals surface area contributed by atoms with Gasteiger partial charge in [-0.15, -0.1) is 23.2 Å². The van der Waals surface area contributed by atoms with Gasteiger partial charge in [0.1, 0.15) is 22.8 Å². The highest BCUT2D eigenvalue weighted by Crippen LogP contribution is 2.65. The Hall–Kier alpha value is -3.87. The summed E-state index contributed by atoms with van der Waals surface area (Å²) in [5.74, 6) is -7.72. The molecule has 0 aromatic heterocycles. The zero-order chi connectivity index (χ0) is 32.2. The topological polar surface area (TPSA) is 162 Å². The molecule has 5 aliphatic rings. The van der Waals surface area contributed by atoms with Gasteiger partial charge in [0.05, 0.1) is 29.2 Å². The smallest absolute Gasteiger partial charge is 0.339 e. The van der Waals surface area contributed by atoms with Gasteiger partial charge in [0, 0.05) is 24.0 Å². The molecule has 14 heteroatoms. The monoisotopic (exact) mass is 716 g/mol.